The summed E-state index contributed by atoms with van der Waals surface area (Å²) in [6.07, 6.45) is 0.706. The average Bonchev–Trinajstić information content (AvgIpc) is 2.53. The second-order valence-electron chi connectivity index (χ2n) is 6.00. The summed E-state index contributed by atoms with van der Waals surface area (Å²) in [5.41, 5.74) is 6.01. The maximum Gasteiger partial charge on any atom is 0.242 e. The quantitative estimate of drug-likeness (QED) is 0.749. The smallest absolute Gasteiger partial charge is 0.242 e. The summed E-state index contributed by atoms with van der Waals surface area (Å²) >= 11 is 6.02. The van der Waals surface area contributed by atoms with Crippen molar-refractivity contribution in [3.05, 3.63) is 34.6 Å². The van der Waals surface area contributed by atoms with Crippen molar-refractivity contribution in [2.45, 2.75) is 39.8 Å². The maximum atomic E-state index is 13.9. The van der Waals surface area contributed by atoms with Gasteiger partial charge in [-0.3, -0.25) is 9.59 Å². The van der Waals surface area contributed by atoms with E-state index in [0.717, 1.165) is 0 Å². The van der Waals surface area contributed by atoms with E-state index in [2.05, 4.69) is 5.32 Å². The van der Waals surface area contributed by atoms with Crippen molar-refractivity contribution in [2.24, 2.45) is 11.7 Å². The van der Waals surface area contributed by atoms with Crippen LogP contribution in [0.2, 0.25) is 5.02 Å². The minimum atomic E-state index is -0.668. The lowest BCUT2D eigenvalue weighted by atomic mass is 10.1. The van der Waals surface area contributed by atoms with Crippen molar-refractivity contribution in [3.63, 3.8) is 0 Å². The Morgan fingerprint density at radius 3 is 2.58 bits per heavy atom. The molecule has 0 bridgehead atoms. The Morgan fingerprint density at radius 1 is 1.38 bits per heavy atom. The summed E-state index contributed by atoms with van der Waals surface area (Å²) in [4.78, 5) is 25.7. The predicted molar refractivity (Wildman–Crippen MR) is 92.9 cm³/mol. The van der Waals surface area contributed by atoms with Gasteiger partial charge in [-0.15, -0.1) is 0 Å². The summed E-state index contributed by atoms with van der Waals surface area (Å²) in [7, 11) is 0. The molecule has 24 heavy (non-hydrogen) atoms. The minimum absolute atomic E-state index is 0.0240. The molecule has 0 saturated heterocycles. The number of amides is 2. The normalized spacial score (nSPS) is 12.1. The molecule has 0 aliphatic rings. The van der Waals surface area contributed by atoms with E-state index in [1.165, 1.54) is 17.0 Å². The van der Waals surface area contributed by atoms with E-state index in [9.17, 15) is 14.0 Å². The number of nitrogens with two attached hydrogens (primary N) is 1. The lowest BCUT2D eigenvalue weighted by Gasteiger charge is -2.24. The lowest BCUT2D eigenvalue weighted by molar-refractivity contribution is -0.133. The number of nitrogens with zero attached hydrogens (tertiary/aromatic N) is 1. The maximum absolute atomic E-state index is 13.9. The minimum Gasteiger partial charge on any atom is -0.346 e. The highest BCUT2D eigenvalue weighted by molar-refractivity contribution is 6.31. The molecule has 2 amide bonds. The highest BCUT2D eigenvalue weighted by Crippen LogP contribution is 2.21. The summed E-state index contributed by atoms with van der Waals surface area (Å²) in [5.74, 6) is -1.16. The molecule has 3 N–H and O–H groups in total. The predicted octanol–water partition coefficient (Wildman–Crippen LogP) is 2.32. The fraction of sp³-hybridized carbons (Fsp3) is 0.529. The largest absolute Gasteiger partial charge is 0.346 e. The van der Waals surface area contributed by atoms with Gasteiger partial charge in [0.1, 0.15) is 5.82 Å². The lowest BCUT2D eigenvalue weighted by Crippen LogP contribution is -2.48. The number of carbonyl (C=O) groups is 2. The molecule has 0 fully saturated rings. The molecule has 0 heterocycles. The molecular weight excluding hydrogens is 333 g/mol. The van der Waals surface area contributed by atoms with Gasteiger partial charge in [-0.25, -0.2) is 4.39 Å². The van der Waals surface area contributed by atoms with Crippen LogP contribution in [-0.2, 0) is 16.1 Å². The van der Waals surface area contributed by atoms with Crippen LogP contribution in [0.4, 0.5) is 4.39 Å². The average molecular weight is 358 g/mol. The topological polar surface area (TPSA) is 75.4 Å². The molecule has 0 aromatic heterocycles. The standard InChI is InChI=1S/C17H25ClFN3O2/c1-4-8-22(10-12-13(18)6-5-7-14(12)19)15(23)9-21-17(24)16(20)11(2)3/h5-7,11,16H,4,8-10,20H2,1-3H3,(H,21,24)/t16-/m0/s1. The number of hydrogen-bond donors (Lipinski definition) is 2. The van der Waals surface area contributed by atoms with Gasteiger partial charge < -0.3 is 16.0 Å². The van der Waals surface area contributed by atoms with E-state index in [4.69, 9.17) is 17.3 Å². The van der Waals surface area contributed by atoms with Gasteiger partial charge in [0, 0.05) is 17.1 Å². The van der Waals surface area contributed by atoms with Gasteiger partial charge in [-0.1, -0.05) is 38.4 Å². The summed E-state index contributed by atoms with van der Waals surface area (Å²) in [6.45, 7) is 5.90. The van der Waals surface area contributed by atoms with Crippen molar-refractivity contribution < 1.29 is 14.0 Å². The number of nitrogens with one attached hydrogen (secondary N) is 1. The van der Waals surface area contributed by atoms with Crippen LogP contribution >= 0.6 is 11.6 Å². The summed E-state index contributed by atoms with van der Waals surface area (Å²) < 4.78 is 13.9. The number of hydrogen-bond acceptors (Lipinski definition) is 3. The van der Waals surface area contributed by atoms with Gasteiger partial charge in [0.25, 0.3) is 0 Å². The zero-order valence-electron chi connectivity index (χ0n) is 14.3. The van der Waals surface area contributed by atoms with Crippen LogP contribution in [0.25, 0.3) is 0 Å². The van der Waals surface area contributed by atoms with Crippen molar-refractivity contribution >= 4 is 23.4 Å². The Kier molecular flexibility index (Phi) is 8.15. The molecular formula is C17H25ClFN3O2. The first-order chi connectivity index (χ1) is 11.3. The fourth-order valence-corrected chi connectivity index (χ4v) is 2.35. The van der Waals surface area contributed by atoms with E-state index in [1.807, 2.05) is 20.8 Å². The molecule has 1 atom stereocenters. The number of benzene rings is 1. The molecule has 134 valence electrons. The molecule has 7 heteroatoms. The highest BCUT2D eigenvalue weighted by atomic mass is 35.5. The Morgan fingerprint density at radius 2 is 2.04 bits per heavy atom. The van der Waals surface area contributed by atoms with Crippen molar-refractivity contribution in [1.82, 2.24) is 10.2 Å². The van der Waals surface area contributed by atoms with E-state index < -0.39 is 11.9 Å². The van der Waals surface area contributed by atoms with Crippen LogP contribution in [0.15, 0.2) is 18.2 Å². The number of rotatable bonds is 8. The SMILES string of the molecule is CCCN(Cc1c(F)cccc1Cl)C(=O)CNC(=O)[C@@H](N)C(C)C. The van der Waals surface area contributed by atoms with Crippen molar-refractivity contribution in [2.75, 3.05) is 13.1 Å². The Hall–Kier alpha value is -1.66. The Bertz CT molecular complexity index is 561. The van der Waals surface area contributed by atoms with Gasteiger partial charge in [0.15, 0.2) is 0 Å². The van der Waals surface area contributed by atoms with Crippen LogP contribution in [0, 0.1) is 11.7 Å². The fourth-order valence-electron chi connectivity index (χ4n) is 2.13. The van der Waals surface area contributed by atoms with E-state index >= 15 is 0 Å². The van der Waals surface area contributed by atoms with E-state index in [-0.39, 0.29) is 41.4 Å². The first kappa shape index (κ1) is 20.4. The van der Waals surface area contributed by atoms with Crippen molar-refractivity contribution in [1.29, 1.82) is 0 Å². The molecule has 0 spiro atoms. The molecule has 1 aromatic carbocycles. The highest BCUT2D eigenvalue weighted by Gasteiger charge is 2.21. The number of halogens is 2. The van der Waals surface area contributed by atoms with E-state index in [0.29, 0.717) is 13.0 Å². The van der Waals surface area contributed by atoms with Gasteiger partial charge in [0.2, 0.25) is 11.8 Å². The van der Waals surface area contributed by atoms with Gasteiger partial charge >= 0.3 is 0 Å². The number of carbonyl (C=O) groups excluding carboxylic acids is 2. The summed E-state index contributed by atoms with van der Waals surface area (Å²) in [5, 5.41) is 2.81. The van der Waals surface area contributed by atoms with Crippen LogP contribution in [0.5, 0.6) is 0 Å². The second kappa shape index (κ2) is 9.59. The third kappa shape index (κ3) is 5.76. The first-order valence-corrected chi connectivity index (χ1v) is 8.39. The van der Waals surface area contributed by atoms with Gasteiger partial charge in [-0.2, -0.15) is 0 Å². The van der Waals surface area contributed by atoms with Crippen molar-refractivity contribution in [3.8, 4) is 0 Å². The Labute approximate surface area is 147 Å². The molecule has 0 saturated carbocycles. The molecule has 5 nitrogen and oxygen atoms in total. The first-order valence-electron chi connectivity index (χ1n) is 8.01. The molecule has 0 aliphatic heterocycles. The molecule has 0 aliphatic carbocycles. The van der Waals surface area contributed by atoms with Gasteiger partial charge in [-0.05, 0) is 24.5 Å². The Balaban J connectivity index is 2.74. The summed E-state index contributed by atoms with van der Waals surface area (Å²) in [6, 6.07) is 3.73. The molecule has 0 radical (unpaired) electrons. The molecule has 1 rings (SSSR count). The monoisotopic (exact) mass is 357 g/mol. The van der Waals surface area contributed by atoms with E-state index in [1.54, 1.807) is 6.07 Å². The molecule has 0 unspecified atom stereocenters. The third-order valence-electron chi connectivity index (χ3n) is 3.69. The zero-order chi connectivity index (χ0) is 18.3. The zero-order valence-corrected chi connectivity index (χ0v) is 15.1. The van der Waals surface area contributed by atoms with Crippen LogP contribution in [0.3, 0.4) is 0 Å². The van der Waals surface area contributed by atoms with Crippen LogP contribution < -0.4 is 11.1 Å². The second-order valence-corrected chi connectivity index (χ2v) is 6.41. The van der Waals surface area contributed by atoms with Gasteiger partial charge in [0.05, 0.1) is 19.1 Å². The third-order valence-corrected chi connectivity index (χ3v) is 4.05. The molecule has 1 aromatic rings. The van der Waals surface area contributed by atoms with Crippen LogP contribution in [0.1, 0.15) is 32.8 Å². The van der Waals surface area contributed by atoms with Crippen LogP contribution in [-0.4, -0.2) is 35.8 Å².